The molecule has 2 heterocycles. The number of piperazine rings is 1. The van der Waals surface area contributed by atoms with E-state index in [1.807, 2.05) is 11.3 Å². The van der Waals surface area contributed by atoms with E-state index in [4.69, 9.17) is 0 Å². The smallest absolute Gasteiger partial charge is 0.0334 e. The summed E-state index contributed by atoms with van der Waals surface area (Å²) in [5, 5.41) is 6.04. The van der Waals surface area contributed by atoms with Gasteiger partial charge in [-0.1, -0.05) is 34.6 Å². The molecule has 2 atom stereocenters. The second-order valence-corrected chi connectivity index (χ2v) is 8.20. The van der Waals surface area contributed by atoms with Gasteiger partial charge < -0.3 is 5.32 Å². The highest BCUT2D eigenvalue weighted by Gasteiger charge is 2.30. The molecule has 0 bridgehead atoms. The van der Waals surface area contributed by atoms with Crippen LogP contribution in [-0.2, 0) is 13.0 Å². The Bertz CT molecular complexity index is 425. The van der Waals surface area contributed by atoms with E-state index in [-0.39, 0.29) is 0 Å². The van der Waals surface area contributed by atoms with Gasteiger partial charge in [0.15, 0.2) is 0 Å². The van der Waals surface area contributed by atoms with Gasteiger partial charge in [0.25, 0.3) is 0 Å². The maximum Gasteiger partial charge on any atom is 0.0334 e. The third-order valence-electron chi connectivity index (χ3n) is 4.63. The standard InChI is InChI=1S/C18H32N2S/c1-6-15-7-8-21-18(15)12-20-11-16(9-13(2)3)19-10-17(20)14(4)5/h7-8,13-14,16-17,19H,6,9-12H2,1-5H3. The maximum atomic E-state index is 3.78. The summed E-state index contributed by atoms with van der Waals surface area (Å²) in [6.45, 7) is 15.1. The minimum Gasteiger partial charge on any atom is -0.311 e. The Hall–Kier alpha value is -0.380. The summed E-state index contributed by atoms with van der Waals surface area (Å²) in [5.41, 5.74) is 1.54. The highest BCUT2D eigenvalue weighted by atomic mass is 32.1. The fourth-order valence-corrected chi connectivity index (χ4v) is 4.47. The molecule has 120 valence electrons. The molecule has 2 unspecified atom stereocenters. The molecule has 0 spiro atoms. The van der Waals surface area contributed by atoms with Gasteiger partial charge in [-0.25, -0.2) is 0 Å². The summed E-state index contributed by atoms with van der Waals surface area (Å²) in [4.78, 5) is 4.31. The average molecular weight is 309 g/mol. The first-order chi connectivity index (χ1) is 10.0. The largest absolute Gasteiger partial charge is 0.311 e. The van der Waals surface area contributed by atoms with Crippen molar-refractivity contribution in [1.29, 1.82) is 0 Å². The zero-order chi connectivity index (χ0) is 15.4. The van der Waals surface area contributed by atoms with Crippen molar-refractivity contribution in [2.45, 2.75) is 66.1 Å². The third kappa shape index (κ3) is 4.54. The number of thiophene rings is 1. The summed E-state index contributed by atoms with van der Waals surface area (Å²) < 4.78 is 0. The second-order valence-electron chi connectivity index (χ2n) is 7.20. The molecule has 1 N–H and O–H groups in total. The summed E-state index contributed by atoms with van der Waals surface area (Å²) >= 11 is 1.93. The van der Waals surface area contributed by atoms with Crippen molar-refractivity contribution in [1.82, 2.24) is 10.2 Å². The molecule has 1 aromatic rings. The van der Waals surface area contributed by atoms with Crippen LogP contribution in [0.5, 0.6) is 0 Å². The first-order valence-electron chi connectivity index (χ1n) is 8.53. The van der Waals surface area contributed by atoms with Gasteiger partial charge in [-0.2, -0.15) is 0 Å². The number of hydrogen-bond donors (Lipinski definition) is 1. The zero-order valence-electron chi connectivity index (χ0n) is 14.4. The fourth-order valence-electron chi connectivity index (χ4n) is 3.47. The van der Waals surface area contributed by atoms with Gasteiger partial charge in [0.1, 0.15) is 0 Å². The topological polar surface area (TPSA) is 15.3 Å². The van der Waals surface area contributed by atoms with Gasteiger partial charge in [-0.3, -0.25) is 4.90 Å². The average Bonchev–Trinajstić information content (AvgIpc) is 2.85. The Kier molecular flexibility index (Phi) is 6.27. The lowest BCUT2D eigenvalue weighted by atomic mass is 9.94. The lowest BCUT2D eigenvalue weighted by Gasteiger charge is -2.43. The third-order valence-corrected chi connectivity index (χ3v) is 5.58. The number of rotatable bonds is 6. The molecule has 0 radical (unpaired) electrons. The van der Waals surface area contributed by atoms with Crippen LogP contribution in [0.4, 0.5) is 0 Å². The normalized spacial score (nSPS) is 24.1. The van der Waals surface area contributed by atoms with Crippen molar-refractivity contribution in [2.24, 2.45) is 11.8 Å². The number of nitrogens with zero attached hydrogens (tertiary/aromatic N) is 1. The van der Waals surface area contributed by atoms with E-state index in [1.54, 1.807) is 10.4 Å². The van der Waals surface area contributed by atoms with Crippen LogP contribution in [0.1, 0.15) is 51.5 Å². The lowest BCUT2D eigenvalue weighted by molar-refractivity contribution is 0.0859. The highest BCUT2D eigenvalue weighted by molar-refractivity contribution is 7.10. The maximum absolute atomic E-state index is 3.78. The molecule has 1 aliphatic rings. The van der Waals surface area contributed by atoms with Crippen molar-refractivity contribution in [3.8, 4) is 0 Å². The molecule has 1 fully saturated rings. The minimum atomic E-state index is 0.657. The highest BCUT2D eigenvalue weighted by Crippen LogP contribution is 2.25. The molecule has 0 saturated carbocycles. The predicted molar refractivity (Wildman–Crippen MR) is 94.0 cm³/mol. The molecule has 3 heteroatoms. The van der Waals surface area contributed by atoms with Gasteiger partial charge in [-0.15, -0.1) is 11.3 Å². The van der Waals surface area contributed by atoms with E-state index >= 15 is 0 Å². The predicted octanol–water partition coefficient (Wildman–Crippen LogP) is 4.16. The lowest BCUT2D eigenvalue weighted by Crippen LogP contribution is -2.58. The van der Waals surface area contributed by atoms with Gasteiger partial charge in [0.2, 0.25) is 0 Å². The van der Waals surface area contributed by atoms with Crippen molar-refractivity contribution < 1.29 is 0 Å². The van der Waals surface area contributed by atoms with E-state index in [0.29, 0.717) is 18.0 Å². The van der Waals surface area contributed by atoms with Crippen molar-refractivity contribution in [3.63, 3.8) is 0 Å². The molecule has 0 aromatic carbocycles. The molecule has 1 saturated heterocycles. The number of aryl methyl sites for hydroxylation is 1. The van der Waals surface area contributed by atoms with Crippen molar-refractivity contribution >= 4 is 11.3 Å². The molecule has 2 nitrogen and oxygen atoms in total. The Morgan fingerprint density at radius 1 is 1.33 bits per heavy atom. The summed E-state index contributed by atoms with van der Waals surface area (Å²) in [5.74, 6) is 1.48. The van der Waals surface area contributed by atoms with Gasteiger partial charge in [-0.05, 0) is 41.7 Å². The minimum absolute atomic E-state index is 0.657. The van der Waals surface area contributed by atoms with Crippen molar-refractivity contribution in [2.75, 3.05) is 13.1 Å². The SMILES string of the molecule is CCc1ccsc1CN1CC(CC(C)C)NCC1C(C)C. The van der Waals surface area contributed by atoms with Gasteiger partial charge in [0.05, 0.1) is 0 Å². The Morgan fingerprint density at radius 3 is 2.71 bits per heavy atom. The Balaban J connectivity index is 2.07. The molecule has 21 heavy (non-hydrogen) atoms. The van der Waals surface area contributed by atoms with Crippen LogP contribution < -0.4 is 5.32 Å². The monoisotopic (exact) mass is 308 g/mol. The Labute approximate surface area is 134 Å². The Morgan fingerprint density at radius 2 is 2.10 bits per heavy atom. The first kappa shape index (κ1) is 17.0. The quantitative estimate of drug-likeness (QED) is 0.849. The second kappa shape index (κ2) is 7.75. The van der Waals surface area contributed by atoms with Crippen LogP contribution in [0.3, 0.4) is 0 Å². The number of hydrogen-bond acceptors (Lipinski definition) is 3. The van der Waals surface area contributed by atoms with Crippen molar-refractivity contribution in [3.05, 3.63) is 21.9 Å². The van der Waals surface area contributed by atoms with E-state index in [9.17, 15) is 0 Å². The van der Waals surface area contributed by atoms with E-state index in [0.717, 1.165) is 25.4 Å². The molecule has 0 amide bonds. The zero-order valence-corrected chi connectivity index (χ0v) is 15.2. The summed E-state index contributed by atoms with van der Waals surface area (Å²) in [7, 11) is 0. The molecule has 0 aliphatic carbocycles. The van der Waals surface area contributed by atoms with Gasteiger partial charge >= 0.3 is 0 Å². The molecular weight excluding hydrogens is 276 g/mol. The first-order valence-corrected chi connectivity index (χ1v) is 9.41. The van der Waals surface area contributed by atoms with Crippen LogP contribution >= 0.6 is 11.3 Å². The van der Waals surface area contributed by atoms with Crippen LogP contribution in [0.2, 0.25) is 0 Å². The molecular formula is C18H32N2S. The van der Waals surface area contributed by atoms with E-state index in [2.05, 4.69) is 56.3 Å². The van der Waals surface area contributed by atoms with Crippen LogP contribution in [-0.4, -0.2) is 30.1 Å². The molecule has 2 rings (SSSR count). The molecule has 1 aromatic heterocycles. The van der Waals surface area contributed by atoms with E-state index in [1.165, 1.54) is 13.0 Å². The van der Waals surface area contributed by atoms with Gasteiger partial charge in [0, 0.05) is 36.6 Å². The number of nitrogens with one attached hydrogen (secondary N) is 1. The summed E-state index contributed by atoms with van der Waals surface area (Å²) in [6, 6.07) is 3.63. The van der Waals surface area contributed by atoms with Crippen LogP contribution in [0.25, 0.3) is 0 Å². The fraction of sp³-hybridized carbons (Fsp3) is 0.778. The van der Waals surface area contributed by atoms with E-state index < -0.39 is 0 Å². The van der Waals surface area contributed by atoms with Crippen LogP contribution in [0.15, 0.2) is 11.4 Å². The molecule has 1 aliphatic heterocycles. The summed E-state index contributed by atoms with van der Waals surface area (Å²) in [6.07, 6.45) is 2.44. The van der Waals surface area contributed by atoms with Crippen LogP contribution in [0, 0.1) is 11.8 Å².